The minimum Gasteiger partial charge on any atom is -0.497 e. The van der Waals surface area contributed by atoms with Crippen molar-refractivity contribution in [3.05, 3.63) is 65.2 Å². The van der Waals surface area contributed by atoms with Gasteiger partial charge in [0.15, 0.2) is 6.10 Å². The zero-order chi connectivity index (χ0) is 16.9. The van der Waals surface area contributed by atoms with Crippen LogP contribution in [0.15, 0.2) is 48.5 Å². The molecule has 4 heteroatoms. The van der Waals surface area contributed by atoms with Crippen LogP contribution in [0.4, 0.5) is 0 Å². The van der Waals surface area contributed by atoms with Crippen molar-refractivity contribution < 1.29 is 14.6 Å². The summed E-state index contributed by atoms with van der Waals surface area (Å²) in [6.45, 7) is 0.552. The van der Waals surface area contributed by atoms with Gasteiger partial charge in [-0.15, -0.1) is 0 Å². The molecule has 1 amide bonds. The lowest BCUT2D eigenvalue weighted by Gasteiger charge is -2.26. The standard InChI is InChI=1S/C20H23NO3/c1-24-17-10-5-8-15(12-17)19(22)20(23)21-13-16-9-4-7-14-6-2-3-11-18(14)16/h2-3,5-6,8,10-12,16,19,22H,4,7,9,13H2,1H3,(H,21,23). The number of hydrogen-bond donors (Lipinski definition) is 2. The molecule has 2 aromatic carbocycles. The topological polar surface area (TPSA) is 58.6 Å². The highest BCUT2D eigenvalue weighted by atomic mass is 16.5. The van der Waals surface area contributed by atoms with Gasteiger partial charge in [-0.1, -0.05) is 36.4 Å². The zero-order valence-electron chi connectivity index (χ0n) is 13.9. The molecule has 0 heterocycles. The first kappa shape index (κ1) is 16.5. The minimum atomic E-state index is -1.18. The molecule has 1 aliphatic rings. The number of aliphatic hydroxyl groups excluding tert-OH is 1. The molecule has 2 atom stereocenters. The summed E-state index contributed by atoms with van der Waals surface area (Å²) in [5, 5.41) is 13.2. The molecule has 0 aromatic heterocycles. The first-order valence-electron chi connectivity index (χ1n) is 8.36. The molecule has 0 spiro atoms. The second kappa shape index (κ2) is 7.49. The smallest absolute Gasteiger partial charge is 0.253 e. The maximum absolute atomic E-state index is 12.3. The molecule has 0 bridgehead atoms. The number of methoxy groups -OCH3 is 1. The van der Waals surface area contributed by atoms with E-state index in [2.05, 4.69) is 23.5 Å². The molecule has 126 valence electrons. The van der Waals surface area contributed by atoms with Gasteiger partial charge in [-0.3, -0.25) is 4.79 Å². The summed E-state index contributed by atoms with van der Waals surface area (Å²) in [6, 6.07) is 15.4. The largest absolute Gasteiger partial charge is 0.497 e. The van der Waals surface area contributed by atoms with Crippen LogP contribution in [-0.4, -0.2) is 24.7 Å². The molecule has 0 radical (unpaired) electrons. The first-order chi connectivity index (χ1) is 11.7. The van der Waals surface area contributed by atoms with Gasteiger partial charge in [0.05, 0.1) is 7.11 Å². The fourth-order valence-electron chi connectivity index (χ4n) is 3.35. The van der Waals surface area contributed by atoms with Gasteiger partial charge in [0, 0.05) is 12.5 Å². The van der Waals surface area contributed by atoms with Crippen molar-refractivity contribution in [2.45, 2.75) is 31.3 Å². The molecule has 24 heavy (non-hydrogen) atoms. The average molecular weight is 325 g/mol. The second-order valence-corrected chi connectivity index (χ2v) is 6.21. The van der Waals surface area contributed by atoms with Crippen molar-refractivity contribution in [3.63, 3.8) is 0 Å². The van der Waals surface area contributed by atoms with E-state index in [4.69, 9.17) is 4.74 Å². The van der Waals surface area contributed by atoms with Crippen LogP contribution in [-0.2, 0) is 11.2 Å². The lowest BCUT2D eigenvalue weighted by atomic mass is 9.83. The predicted molar refractivity (Wildman–Crippen MR) is 93.1 cm³/mol. The van der Waals surface area contributed by atoms with E-state index in [0.717, 1.165) is 19.3 Å². The first-order valence-corrected chi connectivity index (χ1v) is 8.36. The SMILES string of the molecule is COc1cccc(C(O)C(=O)NCC2CCCc3ccccc32)c1. The van der Waals surface area contributed by atoms with Crippen LogP contribution >= 0.6 is 0 Å². The summed E-state index contributed by atoms with van der Waals surface area (Å²) in [7, 11) is 1.56. The Morgan fingerprint density at radius 3 is 2.96 bits per heavy atom. The summed E-state index contributed by atoms with van der Waals surface area (Å²) in [5.74, 6) is 0.572. The maximum Gasteiger partial charge on any atom is 0.253 e. The maximum atomic E-state index is 12.3. The van der Waals surface area contributed by atoms with Crippen molar-refractivity contribution in [2.75, 3.05) is 13.7 Å². The number of aliphatic hydroxyl groups is 1. The lowest BCUT2D eigenvalue weighted by molar-refractivity contribution is -0.129. The predicted octanol–water partition coefficient (Wildman–Crippen LogP) is 2.96. The Kier molecular flexibility index (Phi) is 5.16. The number of aryl methyl sites for hydroxylation is 1. The van der Waals surface area contributed by atoms with Gasteiger partial charge in [0.25, 0.3) is 5.91 Å². The number of nitrogens with one attached hydrogen (secondary N) is 1. The van der Waals surface area contributed by atoms with Gasteiger partial charge in [-0.2, -0.15) is 0 Å². The number of amides is 1. The number of carbonyl (C=O) groups excluding carboxylic acids is 1. The Morgan fingerprint density at radius 1 is 1.29 bits per heavy atom. The van der Waals surface area contributed by atoms with Crippen LogP contribution in [0.1, 0.15) is 41.6 Å². The quantitative estimate of drug-likeness (QED) is 0.888. The average Bonchev–Trinajstić information content (AvgIpc) is 2.65. The number of rotatable bonds is 5. The van der Waals surface area contributed by atoms with E-state index in [0.29, 0.717) is 23.8 Å². The number of hydrogen-bond acceptors (Lipinski definition) is 3. The van der Waals surface area contributed by atoms with E-state index in [9.17, 15) is 9.90 Å². The summed E-state index contributed by atoms with van der Waals surface area (Å²) >= 11 is 0. The van der Waals surface area contributed by atoms with Crippen molar-refractivity contribution >= 4 is 5.91 Å². The molecular formula is C20H23NO3. The van der Waals surface area contributed by atoms with Crippen LogP contribution in [0, 0.1) is 0 Å². The van der Waals surface area contributed by atoms with Gasteiger partial charge >= 0.3 is 0 Å². The van der Waals surface area contributed by atoms with Gasteiger partial charge in [0.1, 0.15) is 5.75 Å². The monoisotopic (exact) mass is 325 g/mol. The fourth-order valence-corrected chi connectivity index (χ4v) is 3.35. The normalized spacial score (nSPS) is 17.7. The van der Waals surface area contributed by atoms with E-state index in [1.54, 1.807) is 31.4 Å². The summed E-state index contributed by atoms with van der Waals surface area (Å²) in [6.07, 6.45) is 2.12. The molecule has 4 nitrogen and oxygen atoms in total. The van der Waals surface area contributed by atoms with Crippen molar-refractivity contribution in [2.24, 2.45) is 0 Å². The molecule has 2 aromatic rings. The number of ether oxygens (including phenoxy) is 1. The van der Waals surface area contributed by atoms with Crippen LogP contribution in [0.25, 0.3) is 0 Å². The van der Waals surface area contributed by atoms with E-state index >= 15 is 0 Å². The molecule has 3 rings (SSSR count). The summed E-state index contributed by atoms with van der Waals surface area (Å²) < 4.78 is 5.14. The highest BCUT2D eigenvalue weighted by Crippen LogP contribution is 2.31. The molecule has 2 unspecified atom stereocenters. The summed E-state index contributed by atoms with van der Waals surface area (Å²) in [4.78, 5) is 12.3. The van der Waals surface area contributed by atoms with Crippen LogP contribution < -0.4 is 10.1 Å². The Hall–Kier alpha value is -2.33. The lowest BCUT2D eigenvalue weighted by Crippen LogP contribution is -2.33. The van der Waals surface area contributed by atoms with E-state index in [-0.39, 0.29) is 5.91 Å². The number of fused-ring (bicyclic) bond motifs is 1. The van der Waals surface area contributed by atoms with Crippen molar-refractivity contribution in [3.8, 4) is 5.75 Å². The third-order valence-corrected chi connectivity index (χ3v) is 4.67. The Balaban J connectivity index is 1.63. The third-order valence-electron chi connectivity index (χ3n) is 4.67. The molecular weight excluding hydrogens is 302 g/mol. The van der Waals surface area contributed by atoms with Gasteiger partial charge in [-0.05, 0) is 48.1 Å². The van der Waals surface area contributed by atoms with E-state index < -0.39 is 6.10 Å². The van der Waals surface area contributed by atoms with Crippen molar-refractivity contribution in [1.82, 2.24) is 5.32 Å². The Bertz CT molecular complexity index is 714. The third kappa shape index (κ3) is 3.60. The zero-order valence-corrected chi connectivity index (χ0v) is 13.9. The Morgan fingerprint density at radius 2 is 2.12 bits per heavy atom. The minimum absolute atomic E-state index is 0.316. The molecule has 1 aliphatic carbocycles. The van der Waals surface area contributed by atoms with Crippen LogP contribution in [0.5, 0.6) is 5.75 Å². The second-order valence-electron chi connectivity index (χ2n) is 6.21. The fraction of sp³-hybridized carbons (Fsp3) is 0.350. The van der Waals surface area contributed by atoms with Crippen LogP contribution in [0.3, 0.4) is 0 Å². The molecule has 0 aliphatic heterocycles. The van der Waals surface area contributed by atoms with Crippen molar-refractivity contribution in [1.29, 1.82) is 0 Å². The molecule has 0 saturated heterocycles. The Labute approximate surface area is 142 Å². The number of carbonyl (C=O) groups is 1. The molecule has 0 fully saturated rings. The van der Waals surface area contributed by atoms with E-state index in [1.807, 2.05) is 6.07 Å². The number of benzene rings is 2. The highest BCUT2D eigenvalue weighted by Gasteiger charge is 2.23. The van der Waals surface area contributed by atoms with Gasteiger partial charge in [0.2, 0.25) is 0 Å². The van der Waals surface area contributed by atoms with E-state index in [1.165, 1.54) is 11.1 Å². The van der Waals surface area contributed by atoms with Crippen LogP contribution in [0.2, 0.25) is 0 Å². The molecule has 0 saturated carbocycles. The van der Waals surface area contributed by atoms with Gasteiger partial charge in [-0.25, -0.2) is 0 Å². The molecule has 2 N–H and O–H groups in total. The van der Waals surface area contributed by atoms with Gasteiger partial charge < -0.3 is 15.2 Å². The summed E-state index contributed by atoms with van der Waals surface area (Å²) in [5.41, 5.74) is 3.23. The highest BCUT2D eigenvalue weighted by molar-refractivity contribution is 5.82.